The Bertz CT molecular complexity index is 904. The normalized spacial score (nSPS) is 17.6. The first kappa shape index (κ1) is 20.1. The third-order valence-electron chi connectivity index (χ3n) is 6.03. The highest BCUT2D eigenvalue weighted by Crippen LogP contribution is 2.41. The van der Waals surface area contributed by atoms with Crippen LogP contribution in [0.25, 0.3) is 0 Å². The molecule has 0 fully saturated rings. The van der Waals surface area contributed by atoms with Crippen LogP contribution < -0.4 is 5.32 Å². The van der Waals surface area contributed by atoms with E-state index in [2.05, 4.69) is 54.6 Å². The van der Waals surface area contributed by atoms with Crippen molar-refractivity contribution in [3.63, 3.8) is 0 Å². The molecular weight excluding hydrogens is 348 g/mol. The lowest BCUT2D eigenvalue weighted by Crippen LogP contribution is -2.35. The monoisotopic (exact) mass is 378 g/mol. The van der Waals surface area contributed by atoms with E-state index in [1.807, 2.05) is 18.5 Å². The van der Waals surface area contributed by atoms with Crippen molar-refractivity contribution in [2.24, 2.45) is 0 Å². The van der Waals surface area contributed by atoms with Gasteiger partial charge in [0, 0.05) is 12.1 Å². The molecule has 5 nitrogen and oxygen atoms in total. The molecule has 1 heterocycles. The van der Waals surface area contributed by atoms with Gasteiger partial charge in [0.25, 0.3) is 0 Å². The third-order valence-corrected chi connectivity index (χ3v) is 6.03. The molecule has 1 aromatic carbocycles. The summed E-state index contributed by atoms with van der Waals surface area (Å²) >= 11 is 0. The summed E-state index contributed by atoms with van der Waals surface area (Å²) in [5.41, 5.74) is 5.89. The average Bonchev–Trinajstić information content (AvgIpc) is 2.94. The van der Waals surface area contributed by atoms with Crippen LogP contribution in [0.5, 0.6) is 0 Å². The smallest absolute Gasteiger partial charge is 0.220 e. The second kappa shape index (κ2) is 8.18. The Labute approximate surface area is 167 Å². The number of nitrogens with zero attached hydrogens (tertiary/aromatic N) is 3. The van der Waals surface area contributed by atoms with Gasteiger partial charge in [0.2, 0.25) is 5.91 Å². The fourth-order valence-electron chi connectivity index (χ4n) is 4.34. The molecule has 1 aliphatic carbocycles. The molecule has 0 bridgehead atoms. The Balaban J connectivity index is 1.65. The first-order chi connectivity index (χ1) is 13.3. The van der Waals surface area contributed by atoms with Crippen LogP contribution in [0.15, 0.2) is 24.3 Å². The van der Waals surface area contributed by atoms with Crippen molar-refractivity contribution in [2.75, 3.05) is 0 Å². The van der Waals surface area contributed by atoms with E-state index in [1.54, 1.807) is 0 Å². The minimum absolute atomic E-state index is 0.0862. The number of benzene rings is 1. The topological polar surface area (TPSA) is 70.7 Å². The summed E-state index contributed by atoms with van der Waals surface area (Å²) in [6.45, 7) is 9.15. The maximum atomic E-state index is 12.7. The van der Waals surface area contributed by atoms with Crippen LogP contribution in [-0.4, -0.2) is 15.7 Å². The van der Waals surface area contributed by atoms with Crippen molar-refractivity contribution in [1.29, 1.82) is 5.26 Å². The number of hydrogen-bond donors (Lipinski definition) is 1. The predicted octanol–water partition coefficient (Wildman–Crippen LogP) is 4.28. The summed E-state index contributed by atoms with van der Waals surface area (Å²) in [7, 11) is 0. The summed E-state index contributed by atoms with van der Waals surface area (Å²) < 4.78 is 1.88. The van der Waals surface area contributed by atoms with Crippen molar-refractivity contribution >= 4 is 5.91 Å². The molecule has 1 aliphatic rings. The lowest BCUT2D eigenvalue weighted by molar-refractivity contribution is -0.122. The average molecular weight is 379 g/mol. The highest BCUT2D eigenvalue weighted by molar-refractivity contribution is 5.77. The maximum absolute atomic E-state index is 12.7. The minimum Gasteiger partial charge on any atom is -0.349 e. The van der Waals surface area contributed by atoms with Gasteiger partial charge in [-0.1, -0.05) is 38.1 Å². The quantitative estimate of drug-likeness (QED) is 0.816. The number of fused-ring (bicyclic) bond motifs is 1. The zero-order chi connectivity index (χ0) is 20.3. The van der Waals surface area contributed by atoms with Gasteiger partial charge in [0.15, 0.2) is 0 Å². The van der Waals surface area contributed by atoms with Crippen LogP contribution in [0.3, 0.4) is 0 Å². The second-order valence-corrected chi connectivity index (χ2v) is 8.41. The molecule has 148 valence electrons. The molecule has 0 saturated carbocycles. The Kier molecular flexibility index (Phi) is 5.88. The standard InChI is InChI=1S/C23H30N4O/c1-16-18(17(2)27(26-16)15-7-14-24)10-11-22(28)25-21-12-13-23(3,4)20-9-6-5-8-19(20)21/h5-6,8-9,21H,7,10-13,15H2,1-4H3,(H,25,28)/t21-/m0/s1. The van der Waals surface area contributed by atoms with Gasteiger partial charge in [0.1, 0.15) is 0 Å². The number of aryl methyl sites for hydroxylation is 2. The number of carbonyl (C=O) groups excluding carboxylic acids is 1. The molecular formula is C23H30N4O. The Hall–Kier alpha value is -2.61. The van der Waals surface area contributed by atoms with Gasteiger partial charge in [-0.3, -0.25) is 9.48 Å². The molecule has 0 saturated heterocycles. The largest absolute Gasteiger partial charge is 0.349 e. The molecule has 0 aliphatic heterocycles. The second-order valence-electron chi connectivity index (χ2n) is 8.41. The van der Waals surface area contributed by atoms with Gasteiger partial charge in [-0.25, -0.2) is 0 Å². The number of nitrogens with one attached hydrogen (secondary N) is 1. The summed E-state index contributed by atoms with van der Waals surface area (Å²) in [5, 5.41) is 16.6. The van der Waals surface area contributed by atoms with E-state index >= 15 is 0 Å². The summed E-state index contributed by atoms with van der Waals surface area (Å²) in [4.78, 5) is 12.7. The van der Waals surface area contributed by atoms with E-state index in [0.29, 0.717) is 25.8 Å². The first-order valence-electron chi connectivity index (χ1n) is 10.1. The van der Waals surface area contributed by atoms with Gasteiger partial charge < -0.3 is 5.32 Å². The van der Waals surface area contributed by atoms with Crippen LogP contribution in [0.2, 0.25) is 0 Å². The Morgan fingerprint density at radius 2 is 2.11 bits per heavy atom. The number of amides is 1. The van der Waals surface area contributed by atoms with Crippen molar-refractivity contribution in [2.45, 2.75) is 77.8 Å². The lowest BCUT2D eigenvalue weighted by Gasteiger charge is -2.37. The van der Waals surface area contributed by atoms with Crippen molar-refractivity contribution in [1.82, 2.24) is 15.1 Å². The van der Waals surface area contributed by atoms with Gasteiger partial charge in [-0.15, -0.1) is 0 Å². The highest BCUT2D eigenvalue weighted by atomic mass is 16.1. The van der Waals surface area contributed by atoms with E-state index in [4.69, 9.17) is 5.26 Å². The van der Waals surface area contributed by atoms with Crippen LogP contribution in [0.1, 0.15) is 73.7 Å². The lowest BCUT2D eigenvalue weighted by atomic mass is 9.71. The van der Waals surface area contributed by atoms with E-state index in [0.717, 1.165) is 29.8 Å². The van der Waals surface area contributed by atoms with Gasteiger partial charge in [0.05, 0.1) is 30.8 Å². The molecule has 3 rings (SSSR count). The summed E-state index contributed by atoms with van der Waals surface area (Å²) in [6.07, 6.45) is 3.61. The van der Waals surface area contributed by atoms with Gasteiger partial charge in [-0.2, -0.15) is 10.4 Å². The summed E-state index contributed by atoms with van der Waals surface area (Å²) in [5.74, 6) is 0.0862. The molecule has 1 amide bonds. The van der Waals surface area contributed by atoms with E-state index in [1.165, 1.54) is 11.1 Å². The maximum Gasteiger partial charge on any atom is 0.220 e. The SMILES string of the molecule is Cc1nn(CCC#N)c(C)c1CCC(=O)N[C@H]1CCC(C)(C)c2ccccc21. The van der Waals surface area contributed by atoms with Crippen LogP contribution in [0.4, 0.5) is 0 Å². The fraction of sp³-hybridized carbons (Fsp3) is 0.522. The molecule has 1 atom stereocenters. The van der Waals surface area contributed by atoms with E-state index < -0.39 is 0 Å². The minimum atomic E-state index is 0.0862. The van der Waals surface area contributed by atoms with Crippen LogP contribution in [0, 0.1) is 25.2 Å². The van der Waals surface area contributed by atoms with Gasteiger partial charge >= 0.3 is 0 Å². The number of hydrogen-bond acceptors (Lipinski definition) is 3. The number of rotatable bonds is 6. The zero-order valence-corrected chi connectivity index (χ0v) is 17.4. The Morgan fingerprint density at radius 3 is 2.86 bits per heavy atom. The predicted molar refractivity (Wildman–Crippen MR) is 110 cm³/mol. The first-order valence-corrected chi connectivity index (χ1v) is 10.1. The number of aromatic nitrogens is 2. The van der Waals surface area contributed by atoms with E-state index in [-0.39, 0.29) is 17.4 Å². The fourth-order valence-corrected chi connectivity index (χ4v) is 4.34. The van der Waals surface area contributed by atoms with Crippen molar-refractivity contribution in [3.8, 4) is 6.07 Å². The van der Waals surface area contributed by atoms with Crippen molar-refractivity contribution in [3.05, 3.63) is 52.3 Å². The van der Waals surface area contributed by atoms with E-state index in [9.17, 15) is 4.79 Å². The third kappa shape index (κ3) is 4.11. The molecule has 0 spiro atoms. The zero-order valence-electron chi connectivity index (χ0n) is 17.4. The summed E-state index contributed by atoms with van der Waals surface area (Å²) in [6, 6.07) is 10.7. The number of nitriles is 1. The Morgan fingerprint density at radius 1 is 1.36 bits per heavy atom. The molecule has 1 aromatic heterocycles. The molecule has 0 radical (unpaired) electrons. The highest BCUT2D eigenvalue weighted by Gasteiger charge is 2.32. The van der Waals surface area contributed by atoms with Crippen LogP contribution in [-0.2, 0) is 23.2 Å². The van der Waals surface area contributed by atoms with Crippen molar-refractivity contribution < 1.29 is 4.79 Å². The van der Waals surface area contributed by atoms with Gasteiger partial charge in [-0.05, 0) is 55.2 Å². The molecule has 0 unspecified atom stereocenters. The molecule has 1 N–H and O–H groups in total. The van der Waals surface area contributed by atoms with Crippen LogP contribution >= 0.6 is 0 Å². The molecule has 28 heavy (non-hydrogen) atoms. The molecule has 2 aromatic rings. The molecule has 5 heteroatoms. The number of carbonyl (C=O) groups is 1.